The molecule has 26 heavy (non-hydrogen) atoms. The normalized spacial score (nSPS) is 10.4. The van der Waals surface area contributed by atoms with Gasteiger partial charge in [-0.3, -0.25) is 4.79 Å². The Morgan fingerprint density at radius 1 is 1.08 bits per heavy atom. The van der Waals surface area contributed by atoms with Crippen molar-refractivity contribution >= 4 is 39.6 Å². The first-order valence-electron chi connectivity index (χ1n) is 7.64. The van der Waals surface area contributed by atoms with Gasteiger partial charge in [0.2, 0.25) is 0 Å². The van der Waals surface area contributed by atoms with E-state index >= 15 is 0 Å². The SMILES string of the molecule is COc1ccc(/C=C/C(=O)OCC(=O)Nc2ccccc2Br)cc1OC. The molecule has 0 bridgehead atoms. The van der Waals surface area contributed by atoms with E-state index in [4.69, 9.17) is 14.2 Å². The first kappa shape index (κ1) is 19.5. The van der Waals surface area contributed by atoms with Crippen LogP contribution in [0.3, 0.4) is 0 Å². The zero-order valence-corrected chi connectivity index (χ0v) is 15.9. The van der Waals surface area contributed by atoms with Gasteiger partial charge in [0.1, 0.15) is 0 Å². The van der Waals surface area contributed by atoms with Gasteiger partial charge in [-0.15, -0.1) is 0 Å². The topological polar surface area (TPSA) is 73.9 Å². The van der Waals surface area contributed by atoms with Crippen molar-refractivity contribution in [2.24, 2.45) is 0 Å². The number of carbonyl (C=O) groups excluding carboxylic acids is 2. The summed E-state index contributed by atoms with van der Waals surface area (Å²) < 4.78 is 16.0. The number of benzene rings is 2. The van der Waals surface area contributed by atoms with Crippen LogP contribution in [0.4, 0.5) is 5.69 Å². The molecule has 0 spiro atoms. The van der Waals surface area contributed by atoms with Gasteiger partial charge in [0.05, 0.1) is 19.9 Å². The molecule has 2 aromatic carbocycles. The monoisotopic (exact) mass is 419 g/mol. The van der Waals surface area contributed by atoms with Gasteiger partial charge >= 0.3 is 5.97 Å². The number of para-hydroxylation sites is 1. The molecule has 0 heterocycles. The highest BCUT2D eigenvalue weighted by molar-refractivity contribution is 9.10. The van der Waals surface area contributed by atoms with Crippen LogP contribution in [0.5, 0.6) is 11.5 Å². The fourth-order valence-corrected chi connectivity index (χ4v) is 2.44. The molecule has 2 rings (SSSR count). The Balaban J connectivity index is 1.87. The van der Waals surface area contributed by atoms with Gasteiger partial charge in [0, 0.05) is 10.5 Å². The Kier molecular flexibility index (Phi) is 7.23. The van der Waals surface area contributed by atoms with Crippen molar-refractivity contribution in [3.05, 3.63) is 58.6 Å². The standard InChI is InChI=1S/C19H18BrNO5/c1-24-16-9-7-13(11-17(16)25-2)8-10-19(23)26-12-18(22)21-15-6-4-3-5-14(15)20/h3-11H,12H2,1-2H3,(H,21,22)/b10-8+. The van der Waals surface area contributed by atoms with Crippen molar-refractivity contribution in [2.75, 3.05) is 26.1 Å². The number of esters is 1. The van der Waals surface area contributed by atoms with Crippen molar-refractivity contribution in [1.29, 1.82) is 0 Å². The Bertz CT molecular complexity index is 819. The predicted octanol–water partition coefficient (Wildman–Crippen LogP) is 3.66. The molecule has 0 unspecified atom stereocenters. The molecule has 1 N–H and O–H groups in total. The highest BCUT2D eigenvalue weighted by atomic mass is 79.9. The van der Waals surface area contributed by atoms with E-state index in [2.05, 4.69) is 21.2 Å². The Morgan fingerprint density at radius 2 is 1.81 bits per heavy atom. The molecule has 0 aliphatic heterocycles. The molecule has 6 nitrogen and oxygen atoms in total. The number of nitrogens with one attached hydrogen (secondary N) is 1. The van der Waals surface area contributed by atoms with E-state index in [0.29, 0.717) is 17.2 Å². The van der Waals surface area contributed by atoms with E-state index in [9.17, 15) is 9.59 Å². The molecular weight excluding hydrogens is 402 g/mol. The van der Waals surface area contributed by atoms with Gasteiger partial charge in [0.25, 0.3) is 5.91 Å². The van der Waals surface area contributed by atoms with Crippen molar-refractivity contribution in [1.82, 2.24) is 0 Å². The maximum absolute atomic E-state index is 11.8. The molecule has 2 aromatic rings. The summed E-state index contributed by atoms with van der Waals surface area (Å²) in [4.78, 5) is 23.6. The maximum atomic E-state index is 11.8. The van der Waals surface area contributed by atoms with Crippen LogP contribution in [0.1, 0.15) is 5.56 Å². The van der Waals surface area contributed by atoms with Crippen LogP contribution in [0.25, 0.3) is 6.08 Å². The quantitative estimate of drug-likeness (QED) is 0.547. The second kappa shape index (κ2) is 9.62. The molecule has 0 saturated carbocycles. The van der Waals surface area contributed by atoms with Crippen LogP contribution in [-0.4, -0.2) is 32.7 Å². The number of carbonyl (C=O) groups is 2. The van der Waals surface area contributed by atoms with Gasteiger partial charge in [-0.2, -0.15) is 0 Å². The first-order valence-corrected chi connectivity index (χ1v) is 8.44. The third-order valence-corrected chi connectivity index (χ3v) is 4.00. The molecule has 0 radical (unpaired) electrons. The van der Waals surface area contributed by atoms with E-state index in [0.717, 1.165) is 10.0 Å². The third kappa shape index (κ3) is 5.63. The highest BCUT2D eigenvalue weighted by Gasteiger charge is 2.08. The molecule has 0 atom stereocenters. The predicted molar refractivity (Wildman–Crippen MR) is 102 cm³/mol. The fourth-order valence-electron chi connectivity index (χ4n) is 2.05. The van der Waals surface area contributed by atoms with Crippen LogP contribution >= 0.6 is 15.9 Å². The van der Waals surface area contributed by atoms with Crippen LogP contribution in [0.15, 0.2) is 53.0 Å². The fraction of sp³-hybridized carbons (Fsp3) is 0.158. The van der Waals surface area contributed by atoms with Crippen LogP contribution in [-0.2, 0) is 14.3 Å². The van der Waals surface area contributed by atoms with Gasteiger partial charge in [-0.1, -0.05) is 18.2 Å². The van der Waals surface area contributed by atoms with E-state index in [1.54, 1.807) is 49.6 Å². The van der Waals surface area contributed by atoms with Crippen LogP contribution in [0.2, 0.25) is 0 Å². The lowest BCUT2D eigenvalue weighted by atomic mass is 10.2. The summed E-state index contributed by atoms with van der Waals surface area (Å²) in [6.45, 7) is -0.379. The average Bonchev–Trinajstić information content (AvgIpc) is 2.66. The summed E-state index contributed by atoms with van der Waals surface area (Å²) in [5.74, 6) is 0.0960. The Labute approximate surface area is 159 Å². The Hall–Kier alpha value is -2.80. The zero-order valence-electron chi connectivity index (χ0n) is 14.3. The molecule has 0 aliphatic carbocycles. The highest BCUT2D eigenvalue weighted by Crippen LogP contribution is 2.28. The number of ether oxygens (including phenoxy) is 3. The van der Waals surface area contributed by atoms with Crippen molar-refractivity contribution in [3.63, 3.8) is 0 Å². The van der Waals surface area contributed by atoms with Crippen molar-refractivity contribution in [2.45, 2.75) is 0 Å². The molecule has 0 fully saturated rings. The summed E-state index contributed by atoms with van der Waals surface area (Å²) in [6.07, 6.45) is 2.81. The smallest absolute Gasteiger partial charge is 0.331 e. The zero-order chi connectivity index (χ0) is 18.9. The molecule has 0 saturated heterocycles. The largest absolute Gasteiger partial charge is 0.493 e. The lowest BCUT2D eigenvalue weighted by Gasteiger charge is -2.08. The minimum atomic E-state index is -0.623. The number of anilines is 1. The summed E-state index contributed by atoms with van der Waals surface area (Å²) >= 11 is 3.32. The summed E-state index contributed by atoms with van der Waals surface area (Å²) in [6, 6.07) is 12.4. The minimum Gasteiger partial charge on any atom is -0.493 e. The van der Waals surface area contributed by atoms with Crippen LogP contribution in [0, 0.1) is 0 Å². The minimum absolute atomic E-state index is 0.379. The summed E-state index contributed by atoms with van der Waals surface area (Å²) in [5.41, 5.74) is 1.34. The van der Waals surface area contributed by atoms with Gasteiger partial charge in [-0.25, -0.2) is 4.79 Å². The summed E-state index contributed by atoms with van der Waals surface area (Å²) in [5, 5.41) is 2.65. The average molecular weight is 420 g/mol. The first-order chi connectivity index (χ1) is 12.5. The van der Waals surface area contributed by atoms with Crippen molar-refractivity contribution < 1.29 is 23.8 Å². The second-order valence-electron chi connectivity index (χ2n) is 5.08. The lowest BCUT2D eigenvalue weighted by Crippen LogP contribution is -2.20. The second-order valence-corrected chi connectivity index (χ2v) is 5.94. The van der Waals surface area contributed by atoms with E-state index < -0.39 is 11.9 Å². The number of hydrogen-bond acceptors (Lipinski definition) is 5. The van der Waals surface area contributed by atoms with Gasteiger partial charge in [-0.05, 0) is 51.8 Å². The number of rotatable bonds is 7. The number of methoxy groups -OCH3 is 2. The maximum Gasteiger partial charge on any atom is 0.331 e. The van der Waals surface area contributed by atoms with E-state index in [1.165, 1.54) is 13.2 Å². The van der Waals surface area contributed by atoms with Gasteiger partial charge < -0.3 is 19.5 Å². The molecule has 0 aromatic heterocycles. The molecule has 7 heteroatoms. The number of hydrogen-bond donors (Lipinski definition) is 1. The number of amides is 1. The van der Waals surface area contributed by atoms with E-state index in [1.807, 2.05) is 6.07 Å². The molecular formula is C19H18BrNO5. The van der Waals surface area contributed by atoms with E-state index in [-0.39, 0.29) is 6.61 Å². The van der Waals surface area contributed by atoms with Gasteiger partial charge in [0.15, 0.2) is 18.1 Å². The van der Waals surface area contributed by atoms with Crippen LogP contribution < -0.4 is 14.8 Å². The molecule has 0 aliphatic rings. The number of halogens is 1. The lowest BCUT2D eigenvalue weighted by molar-refractivity contribution is -0.142. The molecule has 1 amide bonds. The Morgan fingerprint density at radius 3 is 2.50 bits per heavy atom. The molecule has 136 valence electrons. The third-order valence-electron chi connectivity index (χ3n) is 3.31. The van der Waals surface area contributed by atoms with Crippen molar-refractivity contribution in [3.8, 4) is 11.5 Å². The summed E-state index contributed by atoms with van der Waals surface area (Å²) in [7, 11) is 3.08.